The molecule has 0 bridgehead atoms. The molecule has 0 aliphatic heterocycles. The molecule has 1 aromatic rings. The Labute approximate surface area is 89.5 Å². The van der Waals surface area contributed by atoms with Crippen molar-refractivity contribution in [1.29, 1.82) is 0 Å². The first-order chi connectivity index (χ1) is 5.82. The van der Waals surface area contributed by atoms with Gasteiger partial charge in [-0.3, -0.25) is 4.79 Å². The van der Waals surface area contributed by atoms with Gasteiger partial charge in [-0.1, -0.05) is 20.8 Å². The lowest BCUT2D eigenvalue weighted by atomic mass is 9.96. The van der Waals surface area contributed by atoms with E-state index < -0.39 is 0 Å². The van der Waals surface area contributed by atoms with E-state index in [1.54, 1.807) is 22.6 Å². The van der Waals surface area contributed by atoms with E-state index in [4.69, 9.17) is 0 Å². The van der Waals surface area contributed by atoms with Crippen molar-refractivity contribution in [1.82, 2.24) is 9.97 Å². The Hall–Kier alpha value is -0.590. The minimum atomic E-state index is -0.293. The van der Waals surface area contributed by atoms with Gasteiger partial charge in [0.15, 0.2) is 0 Å². The number of aromatic nitrogens is 2. The van der Waals surface area contributed by atoms with Crippen LogP contribution < -0.4 is 5.56 Å². The quantitative estimate of drug-likeness (QED) is 0.710. The van der Waals surface area contributed by atoms with E-state index in [1.165, 1.54) is 0 Å². The van der Waals surface area contributed by atoms with Crippen LogP contribution in [0, 0.1) is 3.57 Å². The van der Waals surface area contributed by atoms with Gasteiger partial charge >= 0.3 is 0 Å². The lowest BCUT2D eigenvalue weighted by Gasteiger charge is -2.16. The fourth-order valence-corrected chi connectivity index (χ4v) is 1.06. The minimum Gasteiger partial charge on any atom is -0.492 e. The van der Waals surface area contributed by atoms with Crippen molar-refractivity contribution in [3.8, 4) is 5.88 Å². The summed E-state index contributed by atoms with van der Waals surface area (Å²) in [6.45, 7) is 5.74. The maximum Gasteiger partial charge on any atom is 0.268 e. The summed E-state index contributed by atoms with van der Waals surface area (Å²) < 4.78 is 0.227. The molecule has 0 aliphatic carbocycles. The summed E-state index contributed by atoms with van der Waals surface area (Å²) in [6, 6.07) is 0. The Morgan fingerprint density at radius 1 is 1.46 bits per heavy atom. The molecule has 1 rings (SSSR count). The smallest absolute Gasteiger partial charge is 0.268 e. The van der Waals surface area contributed by atoms with Crippen LogP contribution in [0.25, 0.3) is 0 Å². The molecule has 0 aliphatic rings. The fraction of sp³-hybridized carbons (Fsp3) is 0.500. The third-order valence-corrected chi connectivity index (χ3v) is 2.53. The highest BCUT2D eigenvalue weighted by molar-refractivity contribution is 14.1. The first-order valence-electron chi connectivity index (χ1n) is 3.81. The number of aromatic amines is 1. The van der Waals surface area contributed by atoms with Gasteiger partial charge in [-0.05, 0) is 22.6 Å². The van der Waals surface area contributed by atoms with Gasteiger partial charge < -0.3 is 10.1 Å². The van der Waals surface area contributed by atoms with Crippen LogP contribution in [0.5, 0.6) is 5.88 Å². The normalized spacial score (nSPS) is 11.7. The predicted molar refractivity (Wildman–Crippen MR) is 57.9 cm³/mol. The van der Waals surface area contributed by atoms with Crippen LogP contribution in [0.4, 0.5) is 0 Å². The number of hydrogen-bond donors (Lipinski definition) is 2. The zero-order valence-electron chi connectivity index (χ0n) is 7.68. The van der Waals surface area contributed by atoms with Gasteiger partial charge in [0.05, 0.1) is 0 Å². The Bertz CT molecular complexity index is 379. The molecule has 2 N–H and O–H groups in total. The molecule has 5 heteroatoms. The Morgan fingerprint density at radius 2 is 2.00 bits per heavy atom. The van der Waals surface area contributed by atoms with E-state index in [0.717, 1.165) is 0 Å². The highest BCUT2D eigenvalue weighted by Crippen LogP contribution is 2.20. The first kappa shape index (κ1) is 10.5. The maximum atomic E-state index is 11.2. The van der Waals surface area contributed by atoms with Gasteiger partial charge in [0.1, 0.15) is 9.39 Å². The second kappa shape index (κ2) is 3.28. The molecular formula is C8H11IN2O2. The van der Waals surface area contributed by atoms with Crippen LogP contribution in [0.1, 0.15) is 26.6 Å². The molecule has 0 saturated heterocycles. The lowest BCUT2D eigenvalue weighted by Crippen LogP contribution is -2.23. The average Bonchev–Trinajstić information content (AvgIpc) is 1.97. The summed E-state index contributed by atoms with van der Waals surface area (Å²) >= 11 is 1.76. The third kappa shape index (κ3) is 2.20. The van der Waals surface area contributed by atoms with E-state index >= 15 is 0 Å². The highest BCUT2D eigenvalue weighted by Gasteiger charge is 2.19. The van der Waals surface area contributed by atoms with Crippen LogP contribution in [0.3, 0.4) is 0 Å². The minimum absolute atomic E-state index is 0.200. The molecule has 0 spiro atoms. The van der Waals surface area contributed by atoms with Crippen molar-refractivity contribution in [2.24, 2.45) is 0 Å². The summed E-state index contributed by atoms with van der Waals surface area (Å²) in [4.78, 5) is 17.8. The monoisotopic (exact) mass is 294 g/mol. The molecule has 0 aromatic carbocycles. The van der Waals surface area contributed by atoms with Gasteiger partial charge in [-0.15, -0.1) is 0 Å². The van der Waals surface area contributed by atoms with Gasteiger partial charge in [-0.25, -0.2) is 0 Å². The van der Waals surface area contributed by atoms with Crippen LogP contribution in [-0.4, -0.2) is 15.1 Å². The summed E-state index contributed by atoms with van der Waals surface area (Å²) in [5, 5.41) is 9.31. The maximum absolute atomic E-state index is 11.2. The molecule has 0 atom stereocenters. The zero-order chi connectivity index (χ0) is 10.2. The van der Waals surface area contributed by atoms with Gasteiger partial charge in [-0.2, -0.15) is 4.98 Å². The molecule has 0 radical (unpaired) electrons. The molecule has 0 amide bonds. The number of H-pyrrole nitrogens is 1. The molecule has 72 valence electrons. The molecular weight excluding hydrogens is 283 g/mol. The lowest BCUT2D eigenvalue weighted by molar-refractivity contribution is 0.430. The number of halogens is 1. The summed E-state index contributed by atoms with van der Waals surface area (Å²) in [5.74, 6) is 0.296. The second-order valence-corrected chi connectivity index (χ2v) is 4.88. The molecule has 0 saturated carbocycles. The SMILES string of the molecule is CC(C)(C)c1nc(O)c(I)c(=O)[nH]1. The largest absolute Gasteiger partial charge is 0.492 e. The molecule has 0 fully saturated rings. The first-order valence-corrected chi connectivity index (χ1v) is 4.89. The Kier molecular flexibility index (Phi) is 2.65. The fourth-order valence-electron chi connectivity index (χ4n) is 0.802. The third-order valence-electron chi connectivity index (χ3n) is 1.56. The predicted octanol–water partition coefficient (Wildman–Crippen LogP) is 1.38. The Morgan fingerprint density at radius 3 is 2.38 bits per heavy atom. The van der Waals surface area contributed by atoms with E-state index in [0.29, 0.717) is 5.82 Å². The van der Waals surface area contributed by atoms with E-state index in [2.05, 4.69) is 9.97 Å². The number of nitrogens with zero attached hydrogens (tertiary/aromatic N) is 1. The number of rotatable bonds is 0. The van der Waals surface area contributed by atoms with Crippen molar-refractivity contribution < 1.29 is 5.11 Å². The number of hydrogen-bond acceptors (Lipinski definition) is 3. The average molecular weight is 294 g/mol. The van der Waals surface area contributed by atoms with Gasteiger partial charge in [0, 0.05) is 5.41 Å². The highest BCUT2D eigenvalue weighted by atomic mass is 127. The van der Waals surface area contributed by atoms with E-state index in [1.807, 2.05) is 20.8 Å². The van der Waals surface area contributed by atoms with Crippen molar-refractivity contribution in [3.05, 3.63) is 19.7 Å². The molecule has 1 aromatic heterocycles. The molecule has 0 unspecified atom stereocenters. The topological polar surface area (TPSA) is 66.0 Å². The summed E-state index contributed by atoms with van der Waals surface area (Å²) in [5.41, 5.74) is -0.556. The second-order valence-electron chi connectivity index (χ2n) is 3.80. The Balaban J connectivity index is 3.38. The summed E-state index contributed by atoms with van der Waals surface area (Å²) in [6.07, 6.45) is 0. The van der Waals surface area contributed by atoms with Crippen LogP contribution in [0.2, 0.25) is 0 Å². The zero-order valence-corrected chi connectivity index (χ0v) is 9.84. The van der Waals surface area contributed by atoms with E-state index in [9.17, 15) is 9.90 Å². The summed E-state index contributed by atoms with van der Waals surface area (Å²) in [7, 11) is 0. The van der Waals surface area contributed by atoms with Crippen LogP contribution in [-0.2, 0) is 5.41 Å². The van der Waals surface area contributed by atoms with Crippen LogP contribution >= 0.6 is 22.6 Å². The van der Waals surface area contributed by atoms with Crippen LogP contribution in [0.15, 0.2) is 4.79 Å². The van der Waals surface area contributed by atoms with Gasteiger partial charge in [0.2, 0.25) is 5.88 Å². The molecule has 1 heterocycles. The molecule has 4 nitrogen and oxygen atoms in total. The van der Waals surface area contributed by atoms with Crippen molar-refractivity contribution in [2.75, 3.05) is 0 Å². The van der Waals surface area contributed by atoms with Crippen molar-refractivity contribution >= 4 is 22.6 Å². The number of nitrogens with one attached hydrogen (secondary N) is 1. The number of aromatic hydroxyl groups is 1. The van der Waals surface area contributed by atoms with E-state index in [-0.39, 0.29) is 20.4 Å². The molecule has 13 heavy (non-hydrogen) atoms. The van der Waals surface area contributed by atoms with Crippen molar-refractivity contribution in [3.63, 3.8) is 0 Å². The van der Waals surface area contributed by atoms with Crippen molar-refractivity contribution in [2.45, 2.75) is 26.2 Å². The van der Waals surface area contributed by atoms with Gasteiger partial charge in [0.25, 0.3) is 5.56 Å². The standard InChI is InChI=1S/C8H11IN2O2/c1-8(2,3)7-10-5(12)4(9)6(13)11-7/h1-3H3,(H2,10,11,12,13).